The highest BCUT2D eigenvalue weighted by atomic mass is 32.2. The molecule has 144 valence electrons. The fourth-order valence-corrected chi connectivity index (χ4v) is 5.15. The third-order valence-electron chi connectivity index (χ3n) is 5.32. The number of hydrogen-bond acceptors (Lipinski definition) is 4. The number of rotatable bonds is 7. The number of sulfonamides is 1. The van der Waals surface area contributed by atoms with E-state index in [1.807, 2.05) is 0 Å². The lowest BCUT2D eigenvalue weighted by Gasteiger charge is -2.22. The summed E-state index contributed by atoms with van der Waals surface area (Å²) >= 11 is 0. The second-order valence-corrected chi connectivity index (χ2v) is 9.10. The van der Waals surface area contributed by atoms with Crippen LogP contribution >= 0.6 is 0 Å². The topological polar surface area (TPSA) is 87.3 Å². The van der Waals surface area contributed by atoms with Crippen molar-refractivity contribution in [3.63, 3.8) is 0 Å². The van der Waals surface area contributed by atoms with Gasteiger partial charge in [-0.1, -0.05) is 18.9 Å². The maximum absolute atomic E-state index is 12.5. The second-order valence-electron chi connectivity index (χ2n) is 7.39. The lowest BCUT2D eigenvalue weighted by molar-refractivity contribution is 0.0950. The molecule has 0 aromatic heterocycles. The first-order valence-electron chi connectivity index (χ1n) is 9.66. The standard InChI is InChI=1S/C19H29N3O3S/c23-19(21-12-10-15-5-4-11-20-14-15)16-6-3-9-18(13-16)26(24,25)22-17-7-1-2-8-17/h3,6,9,13,15,17,20,22H,1-2,4-5,7-8,10-12,14H2,(H,21,23). The maximum Gasteiger partial charge on any atom is 0.251 e. The van der Waals surface area contributed by atoms with Gasteiger partial charge in [-0.2, -0.15) is 0 Å². The van der Waals surface area contributed by atoms with Crippen molar-refractivity contribution in [2.45, 2.75) is 55.9 Å². The molecule has 1 aliphatic carbocycles. The van der Waals surface area contributed by atoms with Crippen LogP contribution in [0.5, 0.6) is 0 Å². The summed E-state index contributed by atoms with van der Waals surface area (Å²) in [5, 5.41) is 6.29. The first-order valence-corrected chi connectivity index (χ1v) is 11.1. The molecule has 0 bridgehead atoms. The number of carbonyl (C=O) groups excluding carboxylic acids is 1. The van der Waals surface area contributed by atoms with Crippen molar-refractivity contribution in [1.29, 1.82) is 0 Å². The molecule has 1 heterocycles. The van der Waals surface area contributed by atoms with E-state index in [1.54, 1.807) is 18.2 Å². The Morgan fingerprint density at radius 1 is 1.15 bits per heavy atom. The van der Waals surface area contributed by atoms with Gasteiger partial charge in [0.25, 0.3) is 5.91 Å². The van der Waals surface area contributed by atoms with Crippen LogP contribution in [-0.2, 0) is 10.0 Å². The van der Waals surface area contributed by atoms with Gasteiger partial charge < -0.3 is 10.6 Å². The number of piperidine rings is 1. The van der Waals surface area contributed by atoms with Gasteiger partial charge in [-0.25, -0.2) is 13.1 Å². The summed E-state index contributed by atoms with van der Waals surface area (Å²) in [5.41, 5.74) is 0.390. The molecule has 1 unspecified atom stereocenters. The smallest absolute Gasteiger partial charge is 0.251 e. The van der Waals surface area contributed by atoms with Crippen molar-refractivity contribution in [2.75, 3.05) is 19.6 Å². The van der Waals surface area contributed by atoms with Crippen molar-refractivity contribution in [1.82, 2.24) is 15.4 Å². The average molecular weight is 380 g/mol. The summed E-state index contributed by atoms with van der Waals surface area (Å²) in [5.74, 6) is 0.387. The summed E-state index contributed by atoms with van der Waals surface area (Å²) in [6.07, 6.45) is 7.22. The van der Waals surface area contributed by atoms with Gasteiger partial charge in [0.2, 0.25) is 10.0 Å². The first-order chi connectivity index (χ1) is 12.5. The van der Waals surface area contributed by atoms with Crippen LogP contribution in [0.2, 0.25) is 0 Å². The molecule has 1 saturated carbocycles. The molecule has 3 rings (SSSR count). The highest BCUT2D eigenvalue weighted by Gasteiger charge is 2.23. The highest BCUT2D eigenvalue weighted by molar-refractivity contribution is 7.89. The normalized spacial score (nSPS) is 21.6. The molecule has 1 amide bonds. The molecule has 26 heavy (non-hydrogen) atoms. The lowest BCUT2D eigenvalue weighted by atomic mass is 9.96. The van der Waals surface area contributed by atoms with Crippen LogP contribution in [0, 0.1) is 5.92 Å². The van der Waals surface area contributed by atoms with E-state index in [4.69, 9.17) is 0 Å². The Hall–Kier alpha value is -1.44. The Morgan fingerprint density at radius 2 is 1.96 bits per heavy atom. The largest absolute Gasteiger partial charge is 0.352 e. The van der Waals surface area contributed by atoms with Crippen LogP contribution in [0.25, 0.3) is 0 Å². The highest BCUT2D eigenvalue weighted by Crippen LogP contribution is 2.21. The van der Waals surface area contributed by atoms with Gasteiger partial charge in [0.1, 0.15) is 0 Å². The molecular weight excluding hydrogens is 350 g/mol. The Balaban J connectivity index is 1.56. The fraction of sp³-hybridized carbons (Fsp3) is 0.632. The van der Waals surface area contributed by atoms with Gasteiger partial charge in [0, 0.05) is 18.2 Å². The molecule has 6 nitrogen and oxygen atoms in total. The lowest BCUT2D eigenvalue weighted by Crippen LogP contribution is -2.33. The van der Waals surface area contributed by atoms with Gasteiger partial charge in [0.15, 0.2) is 0 Å². The summed E-state index contributed by atoms with van der Waals surface area (Å²) < 4.78 is 27.8. The van der Waals surface area contributed by atoms with Gasteiger partial charge >= 0.3 is 0 Å². The van der Waals surface area contributed by atoms with Gasteiger partial charge in [-0.15, -0.1) is 0 Å². The zero-order chi connectivity index (χ0) is 18.4. The van der Waals surface area contributed by atoms with Crippen LogP contribution in [-0.4, -0.2) is 40.0 Å². The van der Waals surface area contributed by atoms with E-state index in [1.165, 1.54) is 18.9 Å². The van der Waals surface area contributed by atoms with Crippen molar-refractivity contribution >= 4 is 15.9 Å². The van der Waals surface area contributed by atoms with E-state index < -0.39 is 10.0 Å². The van der Waals surface area contributed by atoms with Crippen LogP contribution in [0.15, 0.2) is 29.2 Å². The Morgan fingerprint density at radius 3 is 2.69 bits per heavy atom. The van der Waals surface area contributed by atoms with E-state index in [0.29, 0.717) is 18.0 Å². The molecule has 2 fully saturated rings. The number of carbonyl (C=O) groups is 1. The molecule has 7 heteroatoms. The molecular formula is C19H29N3O3S. The quantitative estimate of drug-likeness (QED) is 0.676. The SMILES string of the molecule is O=C(NCCC1CCCNC1)c1cccc(S(=O)(=O)NC2CCCC2)c1. The molecule has 1 aliphatic heterocycles. The number of benzene rings is 1. The molecule has 1 aromatic rings. The molecule has 0 spiro atoms. The van der Waals surface area contributed by atoms with Crippen LogP contribution in [0.3, 0.4) is 0 Å². The molecule has 1 saturated heterocycles. The summed E-state index contributed by atoms with van der Waals surface area (Å²) in [6.45, 7) is 2.71. The van der Waals surface area contributed by atoms with Gasteiger partial charge in [0.05, 0.1) is 4.90 Å². The minimum Gasteiger partial charge on any atom is -0.352 e. The molecule has 1 aromatic carbocycles. The number of nitrogens with one attached hydrogen (secondary N) is 3. The summed E-state index contributed by atoms with van der Waals surface area (Å²) in [4.78, 5) is 12.5. The predicted molar refractivity (Wildman–Crippen MR) is 102 cm³/mol. The zero-order valence-electron chi connectivity index (χ0n) is 15.2. The minimum absolute atomic E-state index is 0.0154. The van der Waals surface area contributed by atoms with Crippen LogP contribution in [0.4, 0.5) is 0 Å². The second kappa shape index (κ2) is 8.97. The van der Waals surface area contributed by atoms with E-state index in [9.17, 15) is 13.2 Å². The number of hydrogen-bond donors (Lipinski definition) is 3. The molecule has 2 aliphatic rings. The van der Waals surface area contributed by atoms with E-state index in [-0.39, 0.29) is 16.8 Å². The van der Waals surface area contributed by atoms with E-state index in [2.05, 4.69) is 15.4 Å². The maximum atomic E-state index is 12.5. The number of amides is 1. The molecule has 0 radical (unpaired) electrons. The summed E-state index contributed by atoms with van der Waals surface area (Å²) in [6, 6.07) is 6.31. The van der Waals surface area contributed by atoms with Crippen molar-refractivity contribution in [3.8, 4) is 0 Å². The minimum atomic E-state index is -3.58. The van der Waals surface area contributed by atoms with Crippen LogP contribution in [0.1, 0.15) is 55.3 Å². The molecule has 1 atom stereocenters. The Kier molecular flexibility index (Phi) is 6.67. The van der Waals surface area contributed by atoms with Gasteiger partial charge in [-0.3, -0.25) is 4.79 Å². The monoisotopic (exact) mass is 379 g/mol. The van der Waals surface area contributed by atoms with Crippen molar-refractivity contribution in [2.24, 2.45) is 5.92 Å². The summed E-state index contributed by atoms with van der Waals surface area (Å²) in [7, 11) is -3.58. The van der Waals surface area contributed by atoms with Crippen molar-refractivity contribution in [3.05, 3.63) is 29.8 Å². The van der Waals surface area contributed by atoms with Crippen LogP contribution < -0.4 is 15.4 Å². The third kappa shape index (κ3) is 5.28. The molecule has 3 N–H and O–H groups in total. The van der Waals surface area contributed by atoms with Crippen molar-refractivity contribution < 1.29 is 13.2 Å². The van der Waals surface area contributed by atoms with Gasteiger partial charge in [-0.05, 0) is 69.3 Å². The first kappa shape index (κ1) is 19.3. The Labute approximate surface area is 156 Å². The van der Waals surface area contributed by atoms with E-state index >= 15 is 0 Å². The Bertz CT molecular complexity index is 708. The average Bonchev–Trinajstić information content (AvgIpc) is 3.15. The third-order valence-corrected chi connectivity index (χ3v) is 6.84. The zero-order valence-corrected chi connectivity index (χ0v) is 16.0. The predicted octanol–water partition coefficient (Wildman–Crippen LogP) is 2.03. The van der Waals surface area contributed by atoms with E-state index in [0.717, 1.165) is 45.2 Å². The fourth-order valence-electron chi connectivity index (χ4n) is 3.80.